The van der Waals surface area contributed by atoms with Crippen LogP contribution in [0.15, 0.2) is 4.99 Å². The molecule has 0 aliphatic carbocycles. The highest BCUT2D eigenvalue weighted by Crippen LogP contribution is 2.19. The third-order valence-corrected chi connectivity index (χ3v) is 7.31. The molecule has 0 aromatic heterocycles. The van der Waals surface area contributed by atoms with Crippen molar-refractivity contribution in [1.82, 2.24) is 26.2 Å². The molecule has 0 unspecified atom stereocenters. The quantitative estimate of drug-likeness (QED) is 0.0676. The van der Waals surface area contributed by atoms with Crippen molar-refractivity contribution in [2.24, 2.45) is 27.9 Å². The molecule has 0 bridgehead atoms. The van der Waals surface area contributed by atoms with Gasteiger partial charge >= 0.3 is 0 Å². The zero-order valence-electron chi connectivity index (χ0n) is 24.0. The molecule has 2 aliphatic heterocycles. The third-order valence-electron chi connectivity index (χ3n) is 7.31. The summed E-state index contributed by atoms with van der Waals surface area (Å²) in [5.74, 6) is -2.59. The summed E-state index contributed by atoms with van der Waals surface area (Å²) in [5.41, 5.74) is 22.1. The molecule has 2 aliphatic rings. The first-order valence-electron chi connectivity index (χ1n) is 14.6. The molecule has 0 radical (unpaired) electrons. The van der Waals surface area contributed by atoms with Crippen molar-refractivity contribution in [3.8, 4) is 0 Å². The summed E-state index contributed by atoms with van der Waals surface area (Å²) in [5, 5.41) is 11.0. The van der Waals surface area contributed by atoms with Crippen LogP contribution in [-0.4, -0.2) is 96.8 Å². The second kappa shape index (κ2) is 17.4. The van der Waals surface area contributed by atoms with Crippen molar-refractivity contribution in [2.75, 3.05) is 26.2 Å². The van der Waals surface area contributed by atoms with Crippen molar-refractivity contribution in [3.05, 3.63) is 0 Å². The lowest BCUT2D eigenvalue weighted by Crippen LogP contribution is -2.57. The highest BCUT2D eigenvalue weighted by Gasteiger charge is 2.39. The zero-order valence-corrected chi connectivity index (χ0v) is 24.0. The van der Waals surface area contributed by atoms with Crippen LogP contribution in [0.1, 0.15) is 71.1 Å². The minimum atomic E-state index is -0.998. The molecule has 2 heterocycles. The van der Waals surface area contributed by atoms with E-state index in [1.165, 1.54) is 4.90 Å². The first kappa shape index (κ1) is 33.7. The van der Waals surface area contributed by atoms with E-state index in [4.69, 9.17) is 22.9 Å². The number of fused-ring (bicyclic) bond motifs is 1. The summed E-state index contributed by atoms with van der Waals surface area (Å²) in [4.78, 5) is 72.2. The standard InChI is InChI=1S/C26H48N10O5/c1-16-25(41)36-15-7-11-20(36)24(40)35-19(10-6-14-31-26(29)30)23(39)34-18(9-3-5-13-28)22(38)33-17(21(37)32-16)8-2-4-12-27/h16-20H,2-15,27-28H2,1H3,(H,32,37)(H,33,38)(H,34,39)(H,35,40)(H4,29,30,31)/t16-,17+,18-,19+,20-/m0/s1. The average molecular weight is 581 g/mol. The van der Waals surface area contributed by atoms with E-state index in [1.54, 1.807) is 6.92 Å². The molecule has 12 N–H and O–H groups in total. The van der Waals surface area contributed by atoms with Gasteiger partial charge in [0.2, 0.25) is 29.5 Å². The van der Waals surface area contributed by atoms with Gasteiger partial charge in [-0.3, -0.25) is 29.0 Å². The molecule has 0 spiro atoms. The van der Waals surface area contributed by atoms with Gasteiger partial charge in [0, 0.05) is 13.1 Å². The van der Waals surface area contributed by atoms with E-state index in [1.807, 2.05) is 0 Å². The average Bonchev–Trinajstić information content (AvgIpc) is 3.42. The van der Waals surface area contributed by atoms with Gasteiger partial charge in [-0.05, 0) is 84.2 Å². The Kier molecular flexibility index (Phi) is 14.3. The predicted octanol–water partition coefficient (Wildman–Crippen LogP) is -2.74. The van der Waals surface area contributed by atoms with Gasteiger partial charge in [-0.2, -0.15) is 0 Å². The number of hydrogen-bond acceptors (Lipinski definition) is 8. The smallest absolute Gasteiger partial charge is 0.245 e. The van der Waals surface area contributed by atoms with E-state index in [-0.39, 0.29) is 25.3 Å². The number of nitrogens with one attached hydrogen (secondary N) is 4. The summed E-state index contributed by atoms with van der Waals surface area (Å²) in [7, 11) is 0. The van der Waals surface area contributed by atoms with Gasteiger partial charge in [-0.15, -0.1) is 0 Å². The lowest BCUT2D eigenvalue weighted by atomic mass is 10.0. The maximum absolute atomic E-state index is 13.5. The molecule has 0 aromatic carbocycles. The third kappa shape index (κ3) is 10.8. The van der Waals surface area contributed by atoms with Crippen LogP contribution in [0.4, 0.5) is 0 Å². The van der Waals surface area contributed by atoms with Crippen LogP contribution in [-0.2, 0) is 24.0 Å². The van der Waals surface area contributed by atoms with Crippen LogP contribution >= 0.6 is 0 Å². The number of nitrogens with two attached hydrogens (primary N) is 4. The molecule has 5 atom stereocenters. The first-order valence-corrected chi connectivity index (χ1v) is 14.6. The minimum absolute atomic E-state index is 0.0874. The Hall–Kier alpha value is -3.46. The number of carbonyl (C=O) groups excluding carboxylic acids is 5. The van der Waals surface area contributed by atoms with Crippen LogP contribution in [0.3, 0.4) is 0 Å². The molecule has 2 saturated heterocycles. The molecule has 2 fully saturated rings. The van der Waals surface area contributed by atoms with Gasteiger partial charge in [-0.1, -0.05) is 0 Å². The van der Waals surface area contributed by atoms with E-state index < -0.39 is 59.7 Å². The SMILES string of the molecule is C[C@@H]1NC(=O)[C@@H](CCCCN)NC(=O)[C@H](CCCCN)NC(=O)[C@@H](CCCN=C(N)N)NC(=O)[C@@H]2CCCN2C1=O. The number of rotatable bonds is 12. The summed E-state index contributed by atoms with van der Waals surface area (Å²) in [6.45, 7) is 2.98. The van der Waals surface area contributed by atoms with Crippen LogP contribution in [0.5, 0.6) is 0 Å². The van der Waals surface area contributed by atoms with E-state index in [0.717, 1.165) is 0 Å². The van der Waals surface area contributed by atoms with E-state index in [2.05, 4.69) is 26.3 Å². The van der Waals surface area contributed by atoms with Crippen molar-refractivity contribution in [3.63, 3.8) is 0 Å². The number of hydrogen-bond donors (Lipinski definition) is 8. The van der Waals surface area contributed by atoms with E-state index in [9.17, 15) is 24.0 Å². The Morgan fingerprint density at radius 2 is 1.24 bits per heavy atom. The highest BCUT2D eigenvalue weighted by atomic mass is 16.2. The van der Waals surface area contributed by atoms with Crippen LogP contribution in [0.2, 0.25) is 0 Å². The molecule has 15 heteroatoms. The highest BCUT2D eigenvalue weighted by molar-refractivity contribution is 5.98. The Labute approximate surface area is 241 Å². The van der Waals surface area contributed by atoms with E-state index >= 15 is 0 Å². The molecule has 15 nitrogen and oxygen atoms in total. The fourth-order valence-electron chi connectivity index (χ4n) is 5.04. The molecule has 5 amide bonds. The number of nitrogens with zero attached hydrogens (tertiary/aromatic N) is 2. The Morgan fingerprint density at radius 3 is 1.76 bits per heavy atom. The number of guanidine groups is 1. The predicted molar refractivity (Wildman–Crippen MR) is 154 cm³/mol. The topological polar surface area (TPSA) is 253 Å². The molecule has 41 heavy (non-hydrogen) atoms. The van der Waals surface area contributed by atoms with E-state index in [0.29, 0.717) is 71.0 Å². The maximum atomic E-state index is 13.5. The lowest BCUT2D eigenvalue weighted by molar-refractivity contribution is -0.142. The molecule has 0 aromatic rings. The normalized spacial score (nSPS) is 26.2. The van der Waals surface area contributed by atoms with Crippen molar-refractivity contribution in [2.45, 2.75) is 101 Å². The van der Waals surface area contributed by atoms with Crippen molar-refractivity contribution in [1.29, 1.82) is 0 Å². The molecule has 2 rings (SSSR count). The molecule has 0 saturated carbocycles. The zero-order chi connectivity index (χ0) is 30.4. The fraction of sp³-hybridized carbons (Fsp3) is 0.769. The number of carbonyl (C=O) groups is 5. The summed E-state index contributed by atoms with van der Waals surface area (Å²) >= 11 is 0. The van der Waals surface area contributed by atoms with Crippen molar-refractivity contribution >= 4 is 35.5 Å². The summed E-state index contributed by atoms with van der Waals surface area (Å²) in [6, 6.07) is -4.62. The van der Waals surface area contributed by atoms with Crippen molar-refractivity contribution < 1.29 is 24.0 Å². The van der Waals surface area contributed by atoms with Crippen LogP contribution in [0.25, 0.3) is 0 Å². The molecular formula is C26H48N10O5. The van der Waals surface area contributed by atoms with Gasteiger partial charge < -0.3 is 49.1 Å². The van der Waals surface area contributed by atoms with Gasteiger partial charge in [0.15, 0.2) is 5.96 Å². The Balaban J connectivity index is 2.40. The summed E-state index contributed by atoms with van der Waals surface area (Å²) in [6.07, 6.45) is 4.61. The molecular weight excluding hydrogens is 532 g/mol. The van der Waals surface area contributed by atoms with Gasteiger partial charge in [0.05, 0.1) is 0 Å². The largest absolute Gasteiger partial charge is 0.370 e. The Bertz CT molecular complexity index is 942. The number of aliphatic imine (C=N–C) groups is 1. The number of amides is 5. The second-order valence-corrected chi connectivity index (χ2v) is 10.6. The van der Waals surface area contributed by atoms with Gasteiger partial charge in [-0.25, -0.2) is 0 Å². The van der Waals surface area contributed by atoms with Gasteiger partial charge in [0.25, 0.3) is 0 Å². The number of unbranched alkanes of at least 4 members (excludes halogenated alkanes) is 2. The van der Waals surface area contributed by atoms with Crippen LogP contribution < -0.4 is 44.2 Å². The minimum Gasteiger partial charge on any atom is -0.370 e. The monoisotopic (exact) mass is 580 g/mol. The summed E-state index contributed by atoms with van der Waals surface area (Å²) < 4.78 is 0. The van der Waals surface area contributed by atoms with Gasteiger partial charge in [0.1, 0.15) is 30.2 Å². The Morgan fingerprint density at radius 1 is 0.756 bits per heavy atom. The lowest BCUT2D eigenvalue weighted by Gasteiger charge is -2.29. The van der Waals surface area contributed by atoms with Crippen LogP contribution in [0, 0.1) is 0 Å². The molecule has 232 valence electrons. The second-order valence-electron chi connectivity index (χ2n) is 10.6. The maximum Gasteiger partial charge on any atom is 0.245 e. The first-order chi connectivity index (χ1) is 19.6. The fourth-order valence-corrected chi connectivity index (χ4v) is 5.04.